The van der Waals surface area contributed by atoms with Gasteiger partial charge in [0.15, 0.2) is 0 Å². The fraction of sp³-hybridized carbons (Fsp3) is 0.400. The molecular weight excluding hydrogens is 210 g/mol. The molecule has 0 saturated carbocycles. The number of ether oxygens (including phenoxy) is 1. The van der Waals surface area contributed by atoms with Crippen LogP contribution in [0.15, 0.2) is 18.2 Å². The smallest absolute Gasteiger partial charge is 0.387 e. The maximum Gasteiger partial charge on any atom is 0.387 e. The van der Waals surface area contributed by atoms with Gasteiger partial charge in [-0.05, 0) is 30.0 Å². The number of hydrogen-bond donors (Lipinski definition) is 0. The summed E-state index contributed by atoms with van der Waals surface area (Å²) in [6.45, 7) is -2.77. The zero-order valence-corrected chi connectivity index (χ0v) is 8.10. The molecule has 0 aromatic heterocycles. The Kier molecular flexibility index (Phi) is 2.59. The number of alkyl halides is 3. The van der Waals surface area contributed by atoms with E-state index in [9.17, 15) is 8.78 Å². The Bertz CT molecular complexity index is 341. The van der Waals surface area contributed by atoms with Crippen LogP contribution in [0, 0.1) is 0 Å². The first-order valence-corrected chi connectivity index (χ1v) is 4.83. The molecule has 1 aliphatic rings. The Balaban J connectivity index is 2.34. The highest BCUT2D eigenvalue weighted by Gasteiger charge is 2.24. The molecule has 1 aromatic rings. The maximum atomic E-state index is 12.0. The minimum absolute atomic E-state index is 0.0637. The molecule has 1 aliphatic carbocycles. The van der Waals surface area contributed by atoms with Gasteiger partial charge in [0.05, 0.1) is 5.38 Å². The number of rotatable bonds is 2. The molecule has 1 atom stereocenters. The van der Waals surface area contributed by atoms with Crippen molar-refractivity contribution >= 4 is 11.6 Å². The van der Waals surface area contributed by atoms with Gasteiger partial charge < -0.3 is 4.74 Å². The highest BCUT2D eigenvalue weighted by molar-refractivity contribution is 6.21. The van der Waals surface area contributed by atoms with E-state index >= 15 is 0 Å². The summed E-state index contributed by atoms with van der Waals surface area (Å²) in [5.74, 6) is 0.264. The van der Waals surface area contributed by atoms with Crippen LogP contribution in [0.1, 0.15) is 22.9 Å². The topological polar surface area (TPSA) is 9.23 Å². The lowest BCUT2D eigenvalue weighted by molar-refractivity contribution is -0.0503. The molecule has 0 aliphatic heterocycles. The Morgan fingerprint density at radius 3 is 2.93 bits per heavy atom. The van der Waals surface area contributed by atoms with Gasteiger partial charge in [-0.25, -0.2) is 0 Å². The monoisotopic (exact) mass is 218 g/mol. The molecule has 0 N–H and O–H groups in total. The van der Waals surface area contributed by atoms with Gasteiger partial charge in [-0.2, -0.15) is 8.78 Å². The van der Waals surface area contributed by atoms with Crippen molar-refractivity contribution in [1.29, 1.82) is 0 Å². The van der Waals surface area contributed by atoms with E-state index < -0.39 is 6.61 Å². The van der Waals surface area contributed by atoms with E-state index in [1.54, 1.807) is 12.1 Å². The quantitative estimate of drug-likeness (QED) is 0.691. The van der Waals surface area contributed by atoms with E-state index in [1.165, 1.54) is 0 Å². The van der Waals surface area contributed by atoms with Gasteiger partial charge in [0, 0.05) is 0 Å². The Morgan fingerprint density at radius 2 is 2.21 bits per heavy atom. The summed E-state index contributed by atoms with van der Waals surface area (Å²) in [5, 5.41) is -0.0637. The fourth-order valence-corrected chi connectivity index (χ4v) is 2.09. The summed E-state index contributed by atoms with van der Waals surface area (Å²) in [6.07, 6.45) is 1.51. The van der Waals surface area contributed by atoms with Gasteiger partial charge in [0.2, 0.25) is 0 Å². The summed E-state index contributed by atoms with van der Waals surface area (Å²) < 4.78 is 28.5. The van der Waals surface area contributed by atoms with E-state index in [0.717, 1.165) is 17.5 Å². The first-order valence-electron chi connectivity index (χ1n) is 4.39. The molecule has 1 unspecified atom stereocenters. The predicted molar refractivity (Wildman–Crippen MR) is 50.0 cm³/mol. The van der Waals surface area contributed by atoms with Crippen LogP contribution in [0.25, 0.3) is 0 Å². The molecule has 76 valence electrons. The van der Waals surface area contributed by atoms with Crippen LogP contribution in [0.2, 0.25) is 0 Å². The van der Waals surface area contributed by atoms with Crippen LogP contribution < -0.4 is 4.74 Å². The van der Waals surface area contributed by atoms with E-state index in [0.29, 0.717) is 6.42 Å². The van der Waals surface area contributed by atoms with E-state index in [1.807, 2.05) is 6.07 Å². The van der Waals surface area contributed by atoms with Crippen molar-refractivity contribution in [2.45, 2.75) is 24.8 Å². The lowest BCUT2D eigenvalue weighted by Gasteiger charge is -2.09. The summed E-state index contributed by atoms with van der Waals surface area (Å²) >= 11 is 6.01. The number of benzene rings is 1. The summed E-state index contributed by atoms with van der Waals surface area (Å²) in [5.41, 5.74) is 1.75. The van der Waals surface area contributed by atoms with Crippen molar-refractivity contribution in [1.82, 2.24) is 0 Å². The van der Waals surface area contributed by atoms with Crippen molar-refractivity contribution < 1.29 is 13.5 Å². The standard InChI is InChI=1S/C10H9ClF2O/c11-8-5-4-7-6(8)2-1-3-9(7)14-10(12)13/h1-3,8,10H,4-5H2. The van der Waals surface area contributed by atoms with E-state index in [-0.39, 0.29) is 11.1 Å². The molecule has 2 rings (SSSR count). The normalized spacial score (nSPS) is 19.9. The number of fused-ring (bicyclic) bond motifs is 1. The predicted octanol–water partition coefficient (Wildman–Crippen LogP) is 3.51. The van der Waals surface area contributed by atoms with Crippen LogP contribution in [-0.4, -0.2) is 6.61 Å². The third-order valence-electron chi connectivity index (χ3n) is 2.37. The summed E-state index contributed by atoms with van der Waals surface area (Å²) in [7, 11) is 0. The second kappa shape index (κ2) is 3.73. The van der Waals surface area contributed by atoms with Crippen molar-refractivity contribution in [3.63, 3.8) is 0 Å². The first-order chi connectivity index (χ1) is 6.68. The Hall–Kier alpha value is -0.830. The lowest BCUT2D eigenvalue weighted by Crippen LogP contribution is -2.04. The van der Waals surface area contributed by atoms with Crippen molar-refractivity contribution in [3.8, 4) is 5.75 Å². The SMILES string of the molecule is FC(F)Oc1cccc2c1CCC2Cl. The van der Waals surface area contributed by atoms with Crippen LogP contribution in [0.5, 0.6) is 5.75 Å². The van der Waals surface area contributed by atoms with Crippen LogP contribution in [0.3, 0.4) is 0 Å². The van der Waals surface area contributed by atoms with E-state index in [4.69, 9.17) is 11.6 Å². The molecule has 1 nitrogen and oxygen atoms in total. The number of halogens is 3. The lowest BCUT2D eigenvalue weighted by atomic mass is 10.1. The molecule has 14 heavy (non-hydrogen) atoms. The summed E-state index contributed by atoms with van der Waals surface area (Å²) in [4.78, 5) is 0. The zero-order chi connectivity index (χ0) is 10.1. The van der Waals surface area contributed by atoms with Gasteiger partial charge in [0.1, 0.15) is 5.75 Å². The van der Waals surface area contributed by atoms with Crippen molar-refractivity contribution in [3.05, 3.63) is 29.3 Å². The zero-order valence-electron chi connectivity index (χ0n) is 7.34. The highest BCUT2D eigenvalue weighted by atomic mass is 35.5. The van der Waals surface area contributed by atoms with Crippen molar-refractivity contribution in [2.75, 3.05) is 0 Å². The molecule has 4 heteroatoms. The molecule has 0 saturated heterocycles. The molecule has 1 aromatic carbocycles. The molecule has 0 fully saturated rings. The third kappa shape index (κ3) is 1.69. The Morgan fingerprint density at radius 1 is 1.43 bits per heavy atom. The van der Waals surface area contributed by atoms with Crippen LogP contribution in [0.4, 0.5) is 8.78 Å². The largest absolute Gasteiger partial charge is 0.435 e. The highest BCUT2D eigenvalue weighted by Crippen LogP contribution is 2.40. The molecule has 0 bridgehead atoms. The molecular formula is C10H9ClF2O. The average Bonchev–Trinajstić information content (AvgIpc) is 2.49. The maximum absolute atomic E-state index is 12.0. The Labute approximate surface area is 85.6 Å². The van der Waals surface area contributed by atoms with Crippen LogP contribution in [-0.2, 0) is 6.42 Å². The van der Waals surface area contributed by atoms with Gasteiger partial charge in [-0.1, -0.05) is 12.1 Å². The van der Waals surface area contributed by atoms with E-state index in [2.05, 4.69) is 4.74 Å². The second-order valence-electron chi connectivity index (χ2n) is 3.21. The second-order valence-corrected chi connectivity index (χ2v) is 3.74. The van der Waals surface area contributed by atoms with Gasteiger partial charge in [-0.3, -0.25) is 0 Å². The fourth-order valence-electron chi connectivity index (χ4n) is 1.78. The van der Waals surface area contributed by atoms with Gasteiger partial charge >= 0.3 is 6.61 Å². The van der Waals surface area contributed by atoms with Crippen LogP contribution >= 0.6 is 11.6 Å². The molecule has 0 amide bonds. The molecule has 0 heterocycles. The molecule has 0 spiro atoms. The molecule has 0 radical (unpaired) electrons. The summed E-state index contributed by atoms with van der Waals surface area (Å²) in [6, 6.07) is 5.11. The first kappa shape index (κ1) is 9.71. The minimum atomic E-state index is -2.77. The van der Waals surface area contributed by atoms with Gasteiger partial charge in [-0.15, -0.1) is 11.6 Å². The number of hydrogen-bond acceptors (Lipinski definition) is 1. The minimum Gasteiger partial charge on any atom is -0.435 e. The van der Waals surface area contributed by atoms with Gasteiger partial charge in [0.25, 0.3) is 0 Å². The van der Waals surface area contributed by atoms with Crippen molar-refractivity contribution in [2.24, 2.45) is 0 Å². The average molecular weight is 219 g/mol. The third-order valence-corrected chi connectivity index (χ3v) is 2.82.